The number of halogens is 1. The molecule has 1 N–H and O–H groups in total. The lowest BCUT2D eigenvalue weighted by atomic mass is 10.2. The third-order valence-electron chi connectivity index (χ3n) is 4.15. The number of nitrogens with one attached hydrogen (secondary N) is 1. The average Bonchev–Trinajstić information content (AvgIpc) is 3.16. The number of carbonyl (C=O) groups excluding carboxylic acids is 2. The lowest BCUT2D eigenvalue weighted by molar-refractivity contribution is -0.137. The third kappa shape index (κ3) is 2.83. The zero-order valence-corrected chi connectivity index (χ0v) is 13.9. The van der Waals surface area contributed by atoms with Crippen LogP contribution in [-0.2, 0) is 9.59 Å². The van der Waals surface area contributed by atoms with E-state index in [-0.39, 0.29) is 17.9 Å². The van der Waals surface area contributed by atoms with Crippen molar-refractivity contribution < 1.29 is 9.59 Å². The van der Waals surface area contributed by atoms with Crippen molar-refractivity contribution in [3.8, 4) is 0 Å². The van der Waals surface area contributed by atoms with Crippen LogP contribution in [0.25, 0.3) is 0 Å². The Balaban J connectivity index is 1.73. The number of anilines is 1. The summed E-state index contributed by atoms with van der Waals surface area (Å²) in [5.74, 6) is 1.48. The van der Waals surface area contributed by atoms with Gasteiger partial charge in [-0.05, 0) is 18.6 Å². The number of hydrogen-bond donors (Lipinski definition) is 1. The quantitative estimate of drug-likeness (QED) is 0.908. The molecule has 2 aliphatic rings. The van der Waals surface area contributed by atoms with Crippen LogP contribution in [0.4, 0.5) is 5.69 Å². The maximum Gasteiger partial charge on any atom is 0.249 e. The van der Waals surface area contributed by atoms with Gasteiger partial charge in [-0.1, -0.05) is 23.7 Å². The molecule has 2 atom stereocenters. The summed E-state index contributed by atoms with van der Waals surface area (Å²) >= 11 is 7.88. The summed E-state index contributed by atoms with van der Waals surface area (Å²) in [6, 6.07) is 6.71. The van der Waals surface area contributed by atoms with Gasteiger partial charge in [0.05, 0.1) is 16.8 Å². The molecule has 5 nitrogen and oxygen atoms in total. The van der Waals surface area contributed by atoms with Crippen LogP contribution in [0.2, 0.25) is 5.02 Å². The number of rotatable bonds is 3. The predicted octanol–water partition coefficient (Wildman–Crippen LogP) is 1.57. The summed E-state index contributed by atoms with van der Waals surface area (Å²) in [4.78, 5) is 28.4. The standard InChI is InChI=1S/C15H18ClN3O2S/c1-18(14(20)11-8-22-9-17-11)13-6-7-19(15(13)21)12-5-3-2-4-10(12)16/h2-5,11,13,17H,6-9H2,1H3/t11-,13+/m0/s1. The van der Waals surface area contributed by atoms with Gasteiger partial charge in [0.15, 0.2) is 0 Å². The molecule has 2 amide bonds. The fourth-order valence-corrected chi connectivity index (χ4v) is 4.06. The average molecular weight is 340 g/mol. The first-order chi connectivity index (χ1) is 10.6. The maximum absolute atomic E-state index is 12.7. The molecule has 0 radical (unpaired) electrons. The Bertz CT molecular complexity index is 592. The number of carbonyl (C=O) groups is 2. The molecule has 0 bridgehead atoms. The zero-order chi connectivity index (χ0) is 15.7. The number of thioether (sulfide) groups is 1. The highest BCUT2D eigenvalue weighted by molar-refractivity contribution is 7.99. The van der Waals surface area contributed by atoms with Crippen LogP contribution in [0.5, 0.6) is 0 Å². The lowest BCUT2D eigenvalue weighted by Crippen LogP contribution is -2.50. The number of para-hydroxylation sites is 1. The van der Waals surface area contributed by atoms with Gasteiger partial charge in [-0.15, -0.1) is 11.8 Å². The maximum atomic E-state index is 12.7. The molecule has 3 rings (SSSR count). The molecule has 0 unspecified atom stereocenters. The zero-order valence-electron chi connectivity index (χ0n) is 12.3. The summed E-state index contributed by atoms with van der Waals surface area (Å²) in [6.07, 6.45) is 0.631. The monoisotopic (exact) mass is 339 g/mol. The Kier molecular flexibility index (Phi) is 4.61. The van der Waals surface area contributed by atoms with Crippen molar-refractivity contribution in [2.45, 2.75) is 18.5 Å². The topological polar surface area (TPSA) is 52.7 Å². The van der Waals surface area contributed by atoms with Crippen LogP contribution < -0.4 is 10.2 Å². The first kappa shape index (κ1) is 15.6. The summed E-state index contributed by atoms with van der Waals surface area (Å²) in [5, 5.41) is 3.71. The number of amides is 2. The van der Waals surface area contributed by atoms with Gasteiger partial charge < -0.3 is 9.80 Å². The van der Waals surface area contributed by atoms with Gasteiger partial charge in [-0.2, -0.15) is 0 Å². The minimum absolute atomic E-state index is 0.00985. The molecule has 0 spiro atoms. The van der Waals surface area contributed by atoms with E-state index in [1.54, 1.807) is 34.7 Å². The molecule has 2 fully saturated rings. The van der Waals surface area contributed by atoms with Gasteiger partial charge in [0.2, 0.25) is 11.8 Å². The number of hydrogen-bond acceptors (Lipinski definition) is 4. The van der Waals surface area contributed by atoms with E-state index >= 15 is 0 Å². The van der Waals surface area contributed by atoms with Gasteiger partial charge in [0, 0.05) is 25.2 Å². The highest BCUT2D eigenvalue weighted by Gasteiger charge is 2.39. The van der Waals surface area contributed by atoms with Crippen molar-refractivity contribution in [3.63, 3.8) is 0 Å². The van der Waals surface area contributed by atoms with Gasteiger partial charge in [0.1, 0.15) is 6.04 Å². The largest absolute Gasteiger partial charge is 0.332 e. The normalized spacial score (nSPS) is 24.8. The van der Waals surface area contributed by atoms with Crippen LogP contribution in [-0.4, -0.2) is 54.0 Å². The van der Waals surface area contributed by atoms with Crippen molar-refractivity contribution in [2.75, 3.05) is 30.1 Å². The molecule has 0 aromatic heterocycles. The molecule has 2 saturated heterocycles. The molecule has 1 aromatic carbocycles. The van der Waals surface area contributed by atoms with E-state index in [2.05, 4.69) is 5.32 Å². The molecule has 7 heteroatoms. The molecule has 2 heterocycles. The van der Waals surface area contributed by atoms with E-state index in [4.69, 9.17) is 11.6 Å². The Morgan fingerprint density at radius 2 is 2.23 bits per heavy atom. The molecular formula is C15H18ClN3O2S. The van der Waals surface area contributed by atoms with Crippen LogP contribution in [0.15, 0.2) is 24.3 Å². The first-order valence-corrected chi connectivity index (χ1v) is 8.76. The van der Waals surface area contributed by atoms with E-state index in [1.165, 1.54) is 0 Å². The molecule has 22 heavy (non-hydrogen) atoms. The fourth-order valence-electron chi connectivity index (χ4n) is 2.89. The second kappa shape index (κ2) is 6.48. The minimum atomic E-state index is -0.406. The Labute approximate surface area is 139 Å². The van der Waals surface area contributed by atoms with E-state index in [1.807, 2.05) is 18.2 Å². The van der Waals surface area contributed by atoms with Crippen LogP contribution in [0, 0.1) is 0 Å². The smallest absolute Gasteiger partial charge is 0.249 e. The Hall–Kier alpha value is -1.24. The van der Waals surface area contributed by atoms with Gasteiger partial charge >= 0.3 is 0 Å². The van der Waals surface area contributed by atoms with Crippen LogP contribution in [0.1, 0.15) is 6.42 Å². The van der Waals surface area contributed by atoms with E-state index in [0.29, 0.717) is 23.7 Å². The van der Waals surface area contributed by atoms with Crippen molar-refractivity contribution in [3.05, 3.63) is 29.3 Å². The van der Waals surface area contributed by atoms with E-state index in [0.717, 1.165) is 11.6 Å². The Morgan fingerprint density at radius 1 is 1.45 bits per heavy atom. The van der Waals surface area contributed by atoms with Gasteiger partial charge in [-0.3, -0.25) is 14.9 Å². The van der Waals surface area contributed by atoms with Crippen molar-refractivity contribution in [1.29, 1.82) is 0 Å². The summed E-state index contributed by atoms with van der Waals surface area (Å²) in [7, 11) is 1.71. The van der Waals surface area contributed by atoms with E-state index in [9.17, 15) is 9.59 Å². The second-order valence-corrected chi connectivity index (χ2v) is 6.90. The van der Waals surface area contributed by atoms with Gasteiger partial charge in [0.25, 0.3) is 0 Å². The SMILES string of the molecule is CN(C(=O)[C@@H]1CSCN1)[C@@H]1CCN(c2ccccc2Cl)C1=O. The lowest BCUT2D eigenvalue weighted by Gasteiger charge is -2.26. The number of likely N-dealkylation sites (N-methyl/N-ethyl adjacent to an activating group) is 1. The second-order valence-electron chi connectivity index (χ2n) is 5.47. The molecular weight excluding hydrogens is 322 g/mol. The number of benzene rings is 1. The first-order valence-electron chi connectivity index (χ1n) is 7.23. The molecule has 0 saturated carbocycles. The highest BCUT2D eigenvalue weighted by Crippen LogP contribution is 2.30. The fraction of sp³-hybridized carbons (Fsp3) is 0.467. The Morgan fingerprint density at radius 3 is 2.91 bits per heavy atom. The predicted molar refractivity (Wildman–Crippen MR) is 89.2 cm³/mol. The summed E-state index contributed by atoms with van der Waals surface area (Å²) in [6.45, 7) is 0.581. The van der Waals surface area contributed by atoms with Crippen molar-refractivity contribution in [2.24, 2.45) is 0 Å². The summed E-state index contributed by atoms with van der Waals surface area (Å²) < 4.78 is 0. The van der Waals surface area contributed by atoms with Crippen LogP contribution >= 0.6 is 23.4 Å². The van der Waals surface area contributed by atoms with Gasteiger partial charge in [-0.25, -0.2) is 0 Å². The molecule has 1 aromatic rings. The molecule has 2 aliphatic heterocycles. The summed E-state index contributed by atoms with van der Waals surface area (Å²) in [5.41, 5.74) is 0.715. The molecule has 118 valence electrons. The minimum Gasteiger partial charge on any atom is -0.332 e. The molecule has 0 aliphatic carbocycles. The third-order valence-corrected chi connectivity index (χ3v) is 5.41. The van der Waals surface area contributed by atoms with E-state index < -0.39 is 6.04 Å². The highest BCUT2D eigenvalue weighted by atomic mass is 35.5. The number of nitrogens with zero attached hydrogens (tertiary/aromatic N) is 2. The van der Waals surface area contributed by atoms with Crippen molar-refractivity contribution >= 4 is 40.9 Å². The van der Waals surface area contributed by atoms with Crippen molar-refractivity contribution in [1.82, 2.24) is 10.2 Å². The van der Waals surface area contributed by atoms with Crippen LogP contribution in [0.3, 0.4) is 0 Å².